The molecule has 0 aromatic heterocycles. The second-order valence-corrected chi connectivity index (χ2v) is 5.78. The Kier molecular flexibility index (Phi) is 4.80. The molecule has 3 atom stereocenters. The van der Waals surface area contributed by atoms with Gasteiger partial charge in [0.05, 0.1) is 6.04 Å². The molecule has 108 valence electrons. The van der Waals surface area contributed by atoms with Crippen LogP contribution < -0.4 is 10.6 Å². The SMILES string of the molecule is CCC1CCNC(C(=O)N2CCC(NC(C)=O)C2)C1. The fourth-order valence-electron chi connectivity index (χ4n) is 3.14. The highest BCUT2D eigenvalue weighted by Gasteiger charge is 2.33. The molecule has 0 aliphatic carbocycles. The molecule has 2 aliphatic rings. The molecule has 2 heterocycles. The van der Waals surface area contributed by atoms with Gasteiger partial charge in [0.1, 0.15) is 0 Å². The van der Waals surface area contributed by atoms with Crippen molar-refractivity contribution < 1.29 is 9.59 Å². The third-order valence-electron chi connectivity index (χ3n) is 4.30. The summed E-state index contributed by atoms with van der Waals surface area (Å²) in [5, 5.41) is 6.23. The summed E-state index contributed by atoms with van der Waals surface area (Å²) in [6.45, 7) is 6.09. The van der Waals surface area contributed by atoms with Crippen LogP contribution in [0.4, 0.5) is 0 Å². The van der Waals surface area contributed by atoms with Crippen LogP contribution in [-0.2, 0) is 9.59 Å². The second-order valence-electron chi connectivity index (χ2n) is 5.78. The van der Waals surface area contributed by atoms with Gasteiger partial charge in [-0.2, -0.15) is 0 Å². The van der Waals surface area contributed by atoms with Crippen molar-refractivity contribution in [2.45, 2.75) is 51.6 Å². The molecule has 0 spiro atoms. The number of piperidine rings is 1. The van der Waals surface area contributed by atoms with E-state index in [0.29, 0.717) is 12.5 Å². The van der Waals surface area contributed by atoms with Gasteiger partial charge in [0.2, 0.25) is 11.8 Å². The van der Waals surface area contributed by atoms with E-state index in [4.69, 9.17) is 0 Å². The van der Waals surface area contributed by atoms with Gasteiger partial charge < -0.3 is 15.5 Å². The van der Waals surface area contributed by atoms with Crippen LogP contribution in [0.3, 0.4) is 0 Å². The number of nitrogens with zero attached hydrogens (tertiary/aromatic N) is 1. The lowest BCUT2D eigenvalue weighted by atomic mass is 9.90. The minimum Gasteiger partial charge on any atom is -0.352 e. The lowest BCUT2D eigenvalue weighted by Gasteiger charge is -2.31. The summed E-state index contributed by atoms with van der Waals surface area (Å²) in [5.74, 6) is 0.871. The van der Waals surface area contributed by atoms with Crippen molar-refractivity contribution in [2.24, 2.45) is 5.92 Å². The largest absolute Gasteiger partial charge is 0.352 e. The second kappa shape index (κ2) is 6.37. The molecular weight excluding hydrogens is 242 g/mol. The van der Waals surface area contributed by atoms with E-state index in [1.54, 1.807) is 0 Å². The van der Waals surface area contributed by atoms with E-state index in [1.165, 1.54) is 13.3 Å². The smallest absolute Gasteiger partial charge is 0.239 e. The molecule has 2 rings (SSSR count). The third-order valence-corrected chi connectivity index (χ3v) is 4.30. The van der Waals surface area contributed by atoms with Crippen molar-refractivity contribution in [2.75, 3.05) is 19.6 Å². The maximum absolute atomic E-state index is 12.4. The van der Waals surface area contributed by atoms with Gasteiger partial charge in [0.15, 0.2) is 0 Å². The highest BCUT2D eigenvalue weighted by molar-refractivity contribution is 5.82. The van der Waals surface area contributed by atoms with E-state index in [-0.39, 0.29) is 23.9 Å². The average Bonchev–Trinajstić information content (AvgIpc) is 2.85. The van der Waals surface area contributed by atoms with Gasteiger partial charge in [0.25, 0.3) is 0 Å². The monoisotopic (exact) mass is 267 g/mol. The van der Waals surface area contributed by atoms with E-state index < -0.39 is 0 Å². The number of hydrogen-bond acceptors (Lipinski definition) is 3. The fraction of sp³-hybridized carbons (Fsp3) is 0.857. The number of amides is 2. The van der Waals surface area contributed by atoms with Crippen molar-refractivity contribution in [3.8, 4) is 0 Å². The van der Waals surface area contributed by atoms with Gasteiger partial charge in [-0.15, -0.1) is 0 Å². The molecule has 0 aromatic carbocycles. The molecule has 0 bridgehead atoms. The molecule has 2 fully saturated rings. The lowest BCUT2D eigenvalue weighted by Crippen LogP contribution is -2.50. The topological polar surface area (TPSA) is 61.4 Å². The minimum absolute atomic E-state index is 0.0128. The van der Waals surface area contributed by atoms with Gasteiger partial charge in [-0.1, -0.05) is 13.3 Å². The number of nitrogens with one attached hydrogen (secondary N) is 2. The highest BCUT2D eigenvalue weighted by Crippen LogP contribution is 2.21. The van der Waals surface area contributed by atoms with Crippen LogP contribution >= 0.6 is 0 Å². The van der Waals surface area contributed by atoms with Gasteiger partial charge in [-0.25, -0.2) is 0 Å². The number of likely N-dealkylation sites (tertiary alicyclic amines) is 1. The molecule has 2 N–H and O–H groups in total. The molecule has 2 aliphatic heterocycles. The highest BCUT2D eigenvalue weighted by atomic mass is 16.2. The first-order valence-electron chi connectivity index (χ1n) is 7.39. The zero-order valence-corrected chi connectivity index (χ0v) is 11.9. The first-order chi connectivity index (χ1) is 9.10. The summed E-state index contributed by atoms with van der Waals surface area (Å²) in [7, 11) is 0. The predicted octanol–water partition coefficient (Wildman–Crippen LogP) is 0.502. The Morgan fingerprint density at radius 2 is 2.16 bits per heavy atom. The van der Waals surface area contributed by atoms with E-state index in [0.717, 1.165) is 32.4 Å². The Hall–Kier alpha value is -1.10. The number of carbonyl (C=O) groups excluding carboxylic acids is 2. The molecule has 2 amide bonds. The first kappa shape index (κ1) is 14.3. The molecule has 0 saturated carbocycles. The van der Waals surface area contributed by atoms with Crippen molar-refractivity contribution in [1.29, 1.82) is 0 Å². The van der Waals surface area contributed by atoms with E-state index in [2.05, 4.69) is 17.6 Å². The van der Waals surface area contributed by atoms with E-state index >= 15 is 0 Å². The van der Waals surface area contributed by atoms with Gasteiger partial charge >= 0.3 is 0 Å². The Morgan fingerprint density at radius 3 is 2.84 bits per heavy atom. The molecule has 0 radical (unpaired) electrons. The van der Waals surface area contributed by atoms with Crippen LogP contribution in [0.2, 0.25) is 0 Å². The Balaban J connectivity index is 1.85. The van der Waals surface area contributed by atoms with Crippen molar-refractivity contribution in [3.05, 3.63) is 0 Å². The lowest BCUT2D eigenvalue weighted by molar-refractivity contribution is -0.133. The third kappa shape index (κ3) is 3.69. The molecule has 19 heavy (non-hydrogen) atoms. The van der Waals surface area contributed by atoms with Crippen molar-refractivity contribution in [3.63, 3.8) is 0 Å². The maximum Gasteiger partial charge on any atom is 0.239 e. The fourth-order valence-corrected chi connectivity index (χ4v) is 3.14. The Labute approximate surface area is 115 Å². The first-order valence-corrected chi connectivity index (χ1v) is 7.39. The summed E-state index contributed by atoms with van der Waals surface area (Å²) >= 11 is 0. The van der Waals surface area contributed by atoms with Crippen LogP contribution in [-0.4, -0.2) is 48.4 Å². The van der Waals surface area contributed by atoms with Crippen LogP contribution in [0.1, 0.15) is 39.5 Å². The quantitative estimate of drug-likeness (QED) is 0.783. The molecule has 0 aromatic rings. The number of rotatable bonds is 3. The van der Waals surface area contributed by atoms with Gasteiger partial charge in [-0.3, -0.25) is 9.59 Å². The molecule has 5 nitrogen and oxygen atoms in total. The zero-order valence-electron chi connectivity index (χ0n) is 11.9. The Morgan fingerprint density at radius 1 is 1.37 bits per heavy atom. The zero-order chi connectivity index (χ0) is 13.8. The Bertz CT molecular complexity index is 346. The van der Waals surface area contributed by atoms with Crippen LogP contribution in [0.15, 0.2) is 0 Å². The number of carbonyl (C=O) groups is 2. The van der Waals surface area contributed by atoms with Crippen LogP contribution in [0.25, 0.3) is 0 Å². The number of hydrogen-bond donors (Lipinski definition) is 2. The predicted molar refractivity (Wildman–Crippen MR) is 73.6 cm³/mol. The van der Waals surface area contributed by atoms with Gasteiger partial charge in [0, 0.05) is 26.1 Å². The summed E-state index contributed by atoms with van der Waals surface area (Å²) in [5.41, 5.74) is 0. The maximum atomic E-state index is 12.4. The van der Waals surface area contributed by atoms with Gasteiger partial charge in [-0.05, 0) is 31.7 Å². The van der Waals surface area contributed by atoms with Crippen molar-refractivity contribution in [1.82, 2.24) is 15.5 Å². The van der Waals surface area contributed by atoms with E-state index in [1.807, 2.05) is 4.90 Å². The van der Waals surface area contributed by atoms with Crippen LogP contribution in [0, 0.1) is 5.92 Å². The van der Waals surface area contributed by atoms with Crippen LogP contribution in [0.5, 0.6) is 0 Å². The summed E-state index contributed by atoms with van der Waals surface area (Å²) in [6.07, 6.45) is 4.15. The standard InChI is InChI=1S/C14H25N3O2/c1-3-11-4-6-15-13(8-11)14(19)17-7-5-12(9-17)16-10(2)18/h11-13,15H,3-9H2,1-2H3,(H,16,18). The molecule has 3 unspecified atom stereocenters. The average molecular weight is 267 g/mol. The molecule has 2 saturated heterocycles. The summed E-state index contributed by atoms with van der Waals surface area (Å²) in [4.78, 5) is 25.4. The molecular formula is C14H25N3O2. The summed E-state index contributed by atoms with van der Waals surface area (Å²) < 4.78 is 0. The molecule has 5 heteroatoms. The van der Waals surface area contributed by atoms with E-state index in [9.17, 15) is 9.59 Å². The summed E-state index contributed by atoms with van der Waals surface area (Å²) in [6, 6.07) is 0.113. The van der Waals surface area contributed by atoms with Crippen molar-refractivity contribution >= 4 is 11.8 Å². The minimum atomic E-state index is -0.0187. The normalized spacial score (nSPS) is 31.3.